The number of likely N-dealkylation sites (N-methyl/N-ethyl adjacent to an activating group) is 1. The van der Waals surface area contributed by atoms with Crippen LogP contribution in [-0.4, -0.2) is 70.7 Å². The van der Waals surface area contributed by atoms with Crippen molar-refractivity contribution in [1.82, 2.24) is 0 Å². The van der Waals surface area contributed by atoms with Crippen molar-refractivity contribution < 1.29 is 37.3 Å². The predicted octanol–water partition coefficient (Wildman–Crippen LogP) is 13.0. The Bertz CT molecular complexity index is 1200. The molecule has 58 heavy (non-hydrogen) atoms. The molecule has 0 bridgehead atoms. The molecule has 0 aliphatic carbocycles. The molecule has 0 rings (SSSR count). The lowest BCUT2D eigenvalue weighted by molar-refractivity contribution is -0.870. The van der Waals surface area contributed by atoms with E-state index < -0.39 is 13.9 Å². The monoisotopic (exact) mass is 832 g/mol. The zero-order chi connectivity index (χ0) is 42.7. The highest BCUT2D eigenvalue weighted by molar-refractivity contribution is 7.45. The van der Waals surface area contributed by atoms with Crippen molar-refractivity contribution in [2.45, 2.75) is 168 Å². The van der Waals surface area contributed by atoms with Crippen molar-refractivity contribution in [3.63, 3.8) is 0 Å². The molecule has 0 fully saturated rings. The van der Waals surface area contributed by atoms with Crippen molar-refractivity contribution in [2.75, 3.05) is 54.1 Å². The van der Waals surface area contributed by atoms with Gasteiger partial charge in [0.15, 0.2) is 0 Å². The van der Waals surface area contributed by atoms with Crippen LogP contribution in [0.1, 0.15) is 162 Å². The van der Waals surface area contributed by atoms with E-state index in [9.17, 15) is 14.3 Å². The first kappa shape index (κ1) is 55.7. The van der Waals surface area contributed by atoms with Crippen LogP contribution in [0.3, 0.4) is 0 Å². The number of rotatable bonds is 41. The van der Waals surface area contributed by atoms with E-state index in [1.165, 1.54) is 38.5 Å². The Morgan fingerprint density at radius 3 is 1.50 bits per heavy atom. The summed E-state index contributed by atoms with van der Waals surface area (Å²) in [7, 11) is 1.32. The zero-order valence-corrected chi connectivity index (χ0v) is 38.6. The lowest BCUT2D eigenvalue weighted by Gasteiger charge is -2.28. The highest BCUT2D eigenvalue weighted by Crippen LogP contribution is 2.38. The number of carbonyl (C=O) groups is 1. The van der Waals surface area contributed by atoms with Crippen LogP contribution in [0, 0.1) is 0 Å². The molecule has 2 unspecified atom stereocenters. The van der Waals surface area contributed by atoms with Crippen molar-refractivity contribution in [1.29, 1.82) is 0 Å². The van der Waals surface area contributed by atoms with Gasteiger partial charge >= 0.3 is 5.97 Å². The predicted molar refractivity (Wildman–Crippen MR) is 245 cm³/mol. The molecule has 334 valence electrons. The molecule has 0 aromatic heterocycles. The molecule has 0 aromatic rings. The van der Waals surface area contributed by atoms with Gasteiger partial charge in [-0.2, -0.15) is 0 Å². The Morgan fingerprint density at radius 2 is 1.00 bits per heavy atom. The Balaban J connectivity index is 4.26. The number of unbranched alkanes of at least 4 members (excludes halogenated alkanes) is 13. The van der Waals surface area contributed by atoms with Crippen LogP contribution in [-0.2, 0) is 27.9 Å². The van der Waals surface area contributed by atoms with E-state index in [0.29, 0.717) is 17.6 Å². The fraction of sp³-hybridized carbons (Fsp3) is 0.694. The van der Waals surface area contributed by atoms with Gasteiger partial charge < -0.3 is 27.9 Å². The first-order valence-electron chi connectivity index (χ1n) is 22.8. The topological polar surface area (TPSA) is 94.1 Å². The summed E-state index contributed by atoms with van der Waals surface area (Å²) < 4.78 is 34.6. The van der Waals surface area contributed by atoms with Crippen molar-refractivity contribution >= 4 is 13.8 Å². The van der Waals surface area contributed by atoms with E-state index in [-0.39, 0.29) is 32.2 Å². The first-order chi connectivity index (χ1) is 28.1. The summed E-state index contributed by atoms with van der Waals surface area (Å²) in [4.78, 5) is 25.1. The van der Waals surface area contributed by atoms with Crippen LogP contribution < -0.4 is 4.89 Å². The van der Waals surface area contributed by atoms with E-state index >= 15 is 0 Å². The summed E-state index contributed by atoms with van der Waals surface area (Å²) in [6.07, 6.45) is 54.5. The number of phosphoric acid groups is 1. The van der Waals surface area contributed by atoms with Gasteiger partial charge in [0.05, 0.1) is 34.4 Å². The van der Waals surface area contributed by atoms with Crippen molar-refractivity contribution in [3.8, 4) is 0 Å². The fourth-order valence-electron chi connectivity index (χ4n) is 5.65. The maximum atomic E-state index is 12.7. The lowest BCUT2D eigenvalue weighted by Crippen LogP contribution is -2.37. The number of allylic oxidation sites excluding steroid dienone is 14. The molecule has 0 aliphatic rings. The molecule has 8 nitrogen and oxygen atoms in total. The standard InChI is InChI=1S/C49H86NO7P/c1-6-8-10-12-14-16-18-20-22-23-24-25-26-27-28-29-31-33-35-37-39-41-44-54-46-48(47-56-58(52,53)55-45-43-50(3,4)5)57-49(51)42-40-38-36-34-32-30-21-19-17-15-13-11-9-7-2/h8,10,13-16,19-22,24-25,27-28,48H,6-7,9,11-12,17-18,23,26,29-47H2,1-5H3/b10-8-,15-13-,16-14-,21-19-,22-20-,25-24-,28-27-. The van der Waals surface area contributed by atoms with E-state index in [2.05, 4.69) is 98.9 Å². The number of hydrogen-bond acceptors (Lipinski definition) is 7. The molecule has 9 heteroatoms. The second-order valence-corrected chi connectivity index (χ2v) is 17.4. The second-order valence-electron chi connectivity index (χ2n) is 16.0. The van der Waals surface area contributed by atoms with Gasteiger partial charge in [-0.05, 0) is 83.5 Å². The number of nitrogens with zero attached hydrogens (tertiary/aromatic N) is 1. The minimum Gasteiger partial charge on any atom is -0.756 e. The second kappa shape index (κ2) is 41.4. The molecule has 0 aromatic carbocycles. The van der Waals surface area contributed by atoms with Crippen LogP contribution in [0.4, 0.5) is 0 Å². The van der Waals surface area contributed by atoms with Crippen LogP contribution in [0.15, 0.2) is 85.1 Å². The van der Waals surface area contributed by atoms with Gasteiger partial charge in [-0.15, -0.1) is 0 Å². The van der Waals surface area contributed by atoms with Crippen LogP contribution in [0.5, 0.6) is 0 Å². The number of carbonyl (C=O) groups excluding carboxylic acids is 1. The summed E-state index contributed by atoms with van der Waals surface area (Å²) in [5.74, 6) is -0.358. The maximum absolute atomic E-state index is 12.7. The number of quaternary nitrogens is 1. The Kier molecular flexibility index (Phi) is 39.8. The van der Waals surface area contributed by atoms with Gasteiger partial charge in [-0.3, -0.25) is 9.36 Å². The van der Waals surface area contributed by atoms with Crippen LogP contribution in [0.25, 0.3) is 0 Å². The lowest BCUT2D eigenvalue weighted by atomic mass is 10.1. The molecule has 0 N–H and O–H groups in total. The average Bonchev–Trinajstić information content (AvgIpc) is 3.18. The number of phosphoric ester groups is 1. The molecule has 0 amide bonds. The molecule has 0 aliphatic heterocycles. The van der Waals surface area contributed by atoms with E-state index in [0.717, 1.165) is 103 Å². The number of esters is 1. The minimum absolute atomic E-state index is 0.0152. The van der Waals surface area contributed by atoms with E-state index in [1.54, 1.807) is 0 Å². The normalized spacial score (nSPS) is 14.5. The third-order valence-electron chi connectivity index (χ3n) is 9.18. The van der Waals surface area contributed by atoms with Crippen LogP contribution in [0.2, 0.25) is 0 Å². The quantitative estimate of drug-likeness (QED) is 0.0199. The molecular weight excluding hydrogens is 746 g/mol. The maximum Gasteiger partial charge on any atom is 0.306 e. The van der Waals surface area contributed by atoms with Gasteiger partial charge in [0.1, 0.15) is 19.3 Å². The van der Waals surface area contributed by atoms with Crippen LogP contribution >= 0.6 is 7.82 Å². The molecule has 0 spiro atoms. The summed E-state index contributed by atoms with van der Waals surface area (Å²) in [5, 5.41) is 0. The molecule has 0 saturated heterocycles. The average molecular weight is 832 g/mol. The number of hydrogen-bond donors (Lipinski definition) is 0. The van der Waals surface area contributed by atoms with Gasteiger partial charge in [0.25, 0.3) is 7.82 Å². The molecule has 2 atom stereocenters. The van der Waals surface area contributed by atoms with Gasteiger partial charge in [-0.1, -0.05) is 157 Å². The van der Waals surface area contributed by atoms with Gasteiger partial charge in [0, 0.05) is 13.0 Å². The molecule has 0 heterocycles. The summed E-state index contributed by atoms with van der Waals surface area (Å²) >= 11 is 0. The minimum atomic E-state index is -4.54. The first-order valence-corrected chi connectivity index (χ1v) is 24.3. The highest BCUT2D eigenvalue weighted by atomic mass is 31.2. The van der Waals surface area contributed by atoms with Crippen molar-refractivity contribution in [2.24, 2.45) is 0 Å². The van der Waals surface area contributed by atoms with Gasteiger partial charge in [0.2, 0.25) is 0 Å². The third-order valence-corrected chi connectivity index (χ3v) is 10.1. The van der Waals surface area contributed by atoms with E-state index in [4.69, 9.17) is 18.5 Å². The molecular formula is C49H86NO7P. The summed E-state index contributed by atoms with van der Waals surface area (Å²) in [6, 6.07) is 0. The fourth-order valence-corrected chi connectivity index (χ4v) is 6.38. The highest BCUT2D eigenvalue weighted by Gasteiger charge is 2.20. The molecule has 0 radical (unpaired) electrons. The SMILES string of the molecule is CC/C=C\C/C=C\C/C=C\C/C=C\C/C=C\CCCCCCCCOCC(COP(=O)([O-])OCC[N+](C)(C)C)OC(=O)CCCCCCC/C=C\C/C=C\CCCC. The summed E-state index contributed by atoms with van der Waals surface area (Å²) in [6.45, 7) is 5.18. The van der Waals surface area contributed by atoms with Crippen molar-refractivity contribution in [3.05, 3.63) is 85.1 Å². The Labute approximate surface area is 356 Å². The smallest absolute Gasteiger partial charge is 0.306 e. The summed E-state index contributed by atoms with van der Waals surface area (Å²) in [5.41, 5.74) is 0. The zero-order valence-electron chi connectivity index (χ0n) is 37.7. The largest absolute Gasteiger partial charge is 0.756 e. The Morgan fingerprint density at radius 1 is 0.552 bits per heavy atom. The molecule has 0 saturated carbocycles. The van der Waals surface area contributed by atoms with Gasteiger partial charge in [-0.25, -0.2) is 0 Å². The number of ether oxygens (including phenoxy) is 2. The Hall–Kier alpha value is -2.32. The van der Waals surface area contributed by atoms with E-state index in [1.807, 2.05) is 21.1 Å². The third kappa shape index (κ3) is 44.8.